The van der Waals surface area contributed by atoms with Crippen LogP contribution in [0, 0.1) is 0 Å². The molecule has 2 heterocycles. The summed E-state index contributed by atoms with van der Waals surface area (Å²) in [5, 5.41) is 12.8. The minimum absolute atomic E-state index is 0.0357. The fraction of sp³-hybridized carbons (Fsp3) is 0.333. The molecule has 0 spiro atoms. The van der Waals surface area contributed by atoms with Gasteiger partial charge in [-0.15, -0.1) is 6.58 Å². The first-order chi connectivity index (χ1) is 13.4. The summed E-state index contributed by atoms with van der Waals surface area (Å²) in [5.41, 5.74) is 6.91. The molecule has 4 rings (SSSR count). The van der Waals surface area contributed by atoms with E-state index < -0.39 is 0 Å². The quantitative estimate of drug-likeness (QED) is 0.519. The highest BCUT2D eigenvalue weighted by Gasteiger charge is 2.33. The van der Waals surface area contributed by atoms with Crippen molar-refractivity contribution in [2.24, 2.45) is 0 Å². The van der Waals surface area contributed by atoms with Gasteiger partial charge in [-0.25, -0.2) is 0 Å². The Labute approximate surface area is 166 Å². The van der Waals surface area contributed by atoms with Crippen LogP contribution in [0.25, 0.3) is 16.7 Å². The highest BCUT2D eigenvalue weighted by Crippen LogP contribution is 2.50. The first-order valence-corrected chi connectivity index (χ1v) is 9.74. The molecule has 4 heteroatoms. The zero-order valence-corrected chi connectivity index (χ0v) is 16.7. The summed E-state index contributed by atoms with van der Waals surface area (Å²) < 4.78 is 11.7. The molecular weight excluding hydrogens is 350 g/mol. The fourth-order valence-electron chi connectivity index (χ4n) is 4.39. The lowest BCUT2D eigenvalue weighted by molar-refractivity contribution is 0.0983. The zero-order valence-electron chi connectivity index (χ0n) is 16.7. The molecule has 0 saturated carbocycles. The second-order valence-corrected chi connectivity index (χ2v) is 8.03. The lowest BCUT2D eigenvalue weighted by Crippen LogP contribution is -2.32. The number of fused-ring (bicyclic) bond motifs is 5. The van der Waals surface area contributed by atoms with Gasteiger partial charge in [0.2, 0.25) is 0 Å². The van der Waals surface area contributed by atoms with Crippen molar-refractivity contribution in [1.29, 1.82) is 0 Å². The molecule has 2 aliphatic rings. The Balaban J connectivity index is 1.92. The molecule has 2 N–H and O–H groups in total. The van der Waals surface area contributed by atoms with Crippen LogP contribution in [-0.4, -0.2) is 17.4 Å². The molecule has 4 nitrogen and oxygen atoms in total. The maximum absolute atomic E-state index is 9.12. The lowest BCUT2D eigenvalue weighted by Gasteiger charge is -2.37. The van der Waals surface area contributed by atoms with Crippen molar-refractivity contribution in [3.8, 4) is 22.6 Å². The largest absolute Gasteiger partial charge is 0.485 e. The average Bonchev–Trinajstić information content (AvgIpc) is 2.65. The molecule has 146 valence electrons. The van der Waals surface area contributed by atoms with Crippen molar-refractivity contribution < 1.29 is 14.6 Å². The molecule has 0 saturated heterocycles. The van der Waals surface area contributed by atoms with E-state index in [0.717, 1.165) is 35.4 Å². The molecule has 0 aromatic heterocycles. The first-order valence-electron chi connectivity index (χ1n) is 9.74. The Morgan fingerprint density at radius 2 is 2.07 bits per heavy atom. The molecule has 0 aliphatic carbocycles. The molecule has 0 bridgehead atoms. The van der Waals surface area contributed by atoms with E-state index in [1.807, 2.05) is 24.3 Å². The smallest absolute Gasteiger partial charge is 0.186 e. The summed E-state index contributed by atoms with van der Waals surface area (Å²) >= 11 is 0. The van der Waals surface area contributed by atoms with E-state index in [-0.39, 0.29) is 18.4 Å². The van der Waals surface area contributed by atoms with Gasteiger partial charge in [0.1, 0.15) is 17.6 Å². The second-order valence-electron chi connectivity index (χ2n) is 8.03. The predicted molar refractivity (Wildman–Crippen MR) is 114 cm³/mol. The monoisotopic (exact) mass is 377 g/mol. The number of rotatable bonds is 5. The Kier molecular flexibility index (Phi) is 4.68. The van der Waals surface area contributed by atoms with Crippen molar-refractivity contribution in [2.75, 3.05) is 12.1 Å². The molecule has 2 aliphatic heterocycles. The van der Waals surface area contributed by atoms with E-state index in [2.05, 4.69) is 50.9 Å². The number of anilines is 1. The number of aliphatic hydroxyl groups excluding tert-OH is 1. The normalized spacial score (nSPS) is 18.6. The standard InChI is InChI=1S/C24H27NO3/c1-5-6-7-21-23-17(18-12-16(27-14-26)8-11-20(18)28-21)9-10-19-22(23)15(2)13-24(3,4)25-19/h5,8-13,21,25-26H,1,6-7,14H2,2-4H3. The summed E-state index contributed by atoms with van der Waals surface area (Å²) in [6, 6.07) is 10.0. The number of aliphatic hydroxyl groups is 1. The van der Waals surface area contributed by atoms with Crippen molar-refractivity contribution in [3.63, 3.8) is 0 Å². The maximum atomic E-state index is 9.12. The Morgan fingerprint density at radius 3 is 2.82 bits per heavy atom. The van der Waals surface area contributed by atoms with Crippen molar-refractivity contribution in [3.05, 3.63) is 60.2 Å². The Hall–Kier alpha value is -2.72. The van der Waals surface area contributed by atoms with Gasteiger partial charge >= 0.3 is 0 Å². The van der Waals surface area contributed by atoms with Crippen LogP contribution in [-0.2, 0) is 0 Å². The molecule has 2 aromatic carbocycles. The molecule has 0 radical (unpaired) electrons. The van der Waals surface area contributed by atoms with Gasteiger partial charge in [0.15, 0.2) is 6.79 Å². The molecule has 28 heavy (non-hydrogen) atoms. The highest BCUT2D eigenvalue weighted by atomic mass is 16.6. The number of hydrogen-bond acceptors (Lipinski definition) is 4. The number of benzene rings is 2. The third-order valence-electron chi connectivity index (χ3n) is 5.37. The molecule has 0 fully saturated rings. The van der Waals surface area contributed by atoms with E-state index in [1.165, 1.54) is 16.7 Å². The van der Waals surface area contributed by atoms with Gasteiger partial charge in [-0.3, -0.25) is 0 Å². The fourth-order valence-corrected chi connectivity index (χ4v) is 4.39. The lowest BCUT2D eigenvalue weighted by atomic mass is 9.81. The molecule has 1 atom stereocenters. The van der Waals surface area contributed by atoms with Gasteiger partial charge in [-0.05, 0) is 69.0 Å². The molecule has 0 amide bonds. The third-order valence-corrected chi connectivity index (χ3v) is 5.37. The van der Waals surface area contributed by atoms with Crippen LogP contribution < -0.4 is 14.8 Å². The highest BCUT2D eigenvalue weighted by molar-refractivity contribution is 5.90. The van der Waals surface area contributed by atoms with Crippen LogP contribution in [0.5, 0.6) is 11.5 Å². The Bertz CT molecular complexity index is 959. The van der Waals surface area contributed by atoms with E-state index in [4.69, 9.17) is 14.6 Å². The van der Waals surface area contributed by atoms with Crippen LogP contribution in [0.4, 0.5) is 5.69 Å². The van der Waals surface area contributed by atoms with Crippen LogP contribution >= 0.6 is 0 Å². The molecule has 2 aromatic rings. The van der Waals surface area contributed by atoms with E-state index in [1.54, 1.807) is 0 Å². The zero-order chi connectivity index (χ0) is 19.9. The molecule has 1 unspecified atom stereocenters. The van der Waals surface area contributed by atoms with Gasteiger partial charge in [-0.1, -0.05) is 18.2 Å². The van der Waals surface area contributed by atoms with Gasteiger partial charge in [0.05, 0.1) is 5.54 Å². The van der Waals surface area contributed by atoms with Crippen molar-refractivity contribution in [2.45, 2.75) is 45.3 Å². The maximum Gasteiger partial charge on any atom is 0.186 e. The summed E-state index contributed by atoms with van der Waals surface area (Å²) in [6.45, 7) is 10.1. The minimum atomic E-state index is -0.348. The summed E-state index contributed by atoms with van der Waals surface area (Å²) in [5.74, 6) is 1.47. The van der Waals surface area contributed by atoms with Gasteiger partial charge in [0.25, 0.3) is 0 Å². The third kappa shape index (κ3) is 3.18. The number of nitrogens with one attached hydrogen (secondary N) is 1. The van der Waals surface area contributed by atoms with Crippen LogP contribution in [0.2, 0.25) is 0 Å². The Morgan fingerprint density at radius 1 is 1.25 bits per heavy atom. The van der Waals surface area contributed by atoms with E-state index in [9.17, 15) is 0 Å². The summed E-state index contributed by atoms with van der Waals surface area (Å²) in [4.78, 5) is 0. The van der Waals surface area contributed by atoms with E-state index in [0.29, 0.717) is 5.75 Å². The second kappa shape index (κ2) is 7.02. The van der Waals surface area contributed by atoms with Gasteiger partial charge in [-0.2, -0.15) is 0 Å². The van der Waals surface area contributed by atoms with Crippen LogP contribution in [0.15, 0.2) is 49.1 Å². The topological polar surface area (TPSA) is 50.7 Å². The van der Waals surface area contributed by atoms with Crippen LogP contribution in [0.1, 0.15) is 50.8 Å². The minimum Gasteiger partial charge on any atom is -0.485 e. The molecular formula is C24H27NO3. The van der Waals surface area contributed by atoms with Gasteiger partial charge < -0.3 is 19.9 Å². The number of allylic oxidation sites excluding steroid dienone is 2. The van der Waals surface area contributed by atoms with Crippen molar-refractivity contribution in [1.82, 2.24) is 0 Å². The first kappa shape index (κ1) is 18.6. The van der Waals surface area contributed by atoms with Crippen LogP contribution in [0.3, 0.4) is 0 Å². The summed E-state index contributed by atoms with van der Waals surface area (Å²) in [7, 11) is 0. The predicted octanol–water partition coefficient (Wildman–Crippen LogP) is 5.69. The number of ether oxygens (including phenoxy) is 2. The van der Waals surface area contributed by atoms with Gasteiger partial charge in [0, 0.05) is 22.4 Å². The van der Waals surface area contributed by atoms with Crippen molar-refractivity contribution >= 4 is 11.3 Å². The SMILES string of the molecule is C=CCCC1Oc2ccc(OCO)cc2-c2ccc3c(c21)C(C)=CC(C)(C)N3. The van der Waals surface area contributed by atoms with E-state index >= 15 is 0 Å². The number of hydrogen-bond donors (Lipinski definition) is 2. The average molecular weight is 377 g/mol. The summed E-state index contributed by atoms with van der Waals surface area (Å²) in [6.07, 6.45) is 5.94.